The van der Waals surface area contributed by atoms with E-state index in [1.165, 1.54) is 44.5 Å². The average Bonchev–Trinajstić information content (AvgIpc) is 3.75. The average molecular weight is 626 g/mol. The molecule has 0 aliphatic carbocycles. The van der Waals surface area contributed by atoms with Crippen LogP contribution in [0.3, 0.4) is 0 Å². The van der Waals surface area contributed by atoms with Crippen LogP contribution < -0.4 is 0 Å². The molecule has 7 rings (SSSR count). The summed E-state index contributed by atoms with van der Waals surface area (Å²) >= 11 is 3.90. The first kappa shape index (κ1) is 27.4. The Kier molecular flexibility index (Phi) is 6.59. The number of halogens is 1. The number of aromatic amines is 2. The molecular formula is C38H33BrN4. The summed E-state index contributed by atoms with van der Waals surface area (Å²) in [4.78, 5) is 17.7. The molecule has 8 bridgehead atoms. The number of hydrogen-bond donors (Lipinski definition) is 2. The van der Waals surface area contributed by atoms with Gasteiger partial charge in [0.1, 0.15) is 0 Å². The largest absolute Gasteiger partial charge is 0.355 e. The summed E-state index contributed by atoms with van der Waals surface area (Å²) in [5.41, 5.74) is 19.7. The lowest BCUT2D eigenvalue weighted by Gasteiger charge is -2.13. The minimum Gasteiger partial charge on any atom is -0.355 e. The van der Waals surface area contributed by atoms with Crippen LogP contribution in [0.15, 0.2) is 59.1 Å². The van der Waals surface area contributed by atoms with E-state index in [4.69, 9.17) is 9.97 Å². The van der Waals surface area contributed by atoms with E-state index in [-0.39, 0.29) is 0 Å². The number of fused-ring (bicyclic) bond motifs is 8. The third kappa shape index (κ3) is 4.78. The fourth-order valence-electron chi connectivity index (χ4n) is 6.78. The summed E-state index contributed by atoms with van der Waals surface area (Å²) < 4.78 is 0.919. The Morgan fingerprint density at radius 3 is 1.60 bits per heavy atom. The molecule has 0 saturated carbocycles. The van der Waals surface area contributed by atoms with Crippen LogP contribution in [0.5, 0.6) is 0 Å². The summed E-state index contributed by atoms with van der Waals surface area (Å²) in [6.45, 7) is 13.0. The van der Waals surface area contributed by atoms with Crippen molar-refractivity contribution >= 4 is 62.3 Å². The molecule has 5 heteroatoms. The van der Waals surface area contributed by atoms with Crippen molar-refractivity contribution in [3.05, 3.63) is 115 Å². The molecule has 5 aromatic rings. The maximum Gasteiger partial charge on any atom is 0.0801 e. The second-order valence-electron chi connectivity index (χ2n) is 11.8. The Hall–Kier alpha value is -4.48. The summed E-state index contributed by atoms with van der Waals surface area (Å²) in [5, 5.41) is 0. The molecule has 0 radical (unpaired) electrons. The van der Waals surface area contributed by atoms with Gasteiger partial charge in [0, 0.05) is 27.7 Å². The molecule has 0 fully saturated rings. The van der Waals surface area contributed by atoms with Gasteiger partial charge in [0.2, 0.25) is 0 Å². The fourth-order valence-corrected chi connectivity index (χ4v) is 7.23. The van der Waals surface area contributed by atoms with Crippen molar-refractivity contribution in [3.63, 3.8) is 0 Å². The van der Waals surface area contributed by atoms with Crippen molar-refractivity contribution in [1.29, 1.82) is 0 Å². The van der Waals surface area contributed by atoms with Gasteiger partial charge in [-0.1, -0.05) is 35.4 Å². The van der Waals surface area contributed by atoms with E-state index in [2.05, 4.69) is 146 Å². The zero-order chi connectivity index (χ0) is 30.0. The first-order chi connectivity index (χ1) is 20.7. The summed E-state index contributed by atoms with van der Waals surface area (Å²) in [7, 11) is 0. The maximum atomic E-state index is 5.19. The van der Waals surface area contributed by atoms with Gasteiger partial charge in [-0.15, -0.1) is 0 Å². The lowest BCUT2D eigenvalue weighted by Crippen LogP contribution is -1.94. The topological polar surface area (TPSA) is 57.4 Å². The normalized spacial score (nSPS) is 12.3. The van der Waals surface area contributed by atoms with Gasteiger partial charge in [-0.2, -0.15) is 0 Å². The number of nitrogens with zero attached hydrogens (tertiary/aromatic N) is 2. The molecule has 0 amide bonds. The van der Waals surface area contributed by atoms with Crippen LogP contribution in [0.4, 0.5) is 0 Å². The Bertz CT molecular complexity index is 2110. The van der Waals surface area contributed by atoms with Gasteiger partial charge in [0.05, 0.1) is 32.8 Å². The zero-order valence-electron chi connectivity index (χ0n) is 25.3. The summed E-state index contributed by atoms with van der Waals surface area (Å²) in [6.07, 6.45) is 8.44. The minimum absolute atomic E-state index is 0.881. The van der Waals surface area contributed by atoms with Crippen LogP contribution in [0.2, 0.25) is 0 Å². The van der Waals surface area contributed by atoms with E-state index in [0.29, 0.717) is 0 Å². The molecule has 5 heterocycles. The Labute approximate surface area is 260 Å². The number of H-pyrrole nitrogens is 2. The first-order valence-corrected chi connectivity index (χ1v) is 15.4. The molecule has 2 N–H and O–H groups in total. The lowest BCUT2D eigenvalue weighted by atomic mass is 9.92. The van der Waals surface area contributed by atoms with Crippen molar-refractivity contribution in [3.8, 4) is 22.3 Å². The van der Waals surface area contributed by atoms with Gasteiger partial charge in [-0.05, 0) is 145 Å². The van der Waals surface area contributed by atoms with Crippen molar-refractivity contribution in [2.75, 3.05) is 0 Å². The van der Waals surface area contributed by atoms with Crippen molar-refractivity contribution in [2.45, 2.75) is 41.5 Å². The van der Waals surface area contributed by atoms with Crippen LogP contribution >= 0.6 is 15.9 Å². The highest BCUT2D eigenvalue weighted by atomic mass is 79.9. The smallest absolute Gasteiger partial charge is 0.0801 e. The van der Waals surface area contributed by atoms with Gasteiger partial charge in [-0.3, -0.25) is 0 Å². The molecule has 0 saturated heterocycles. The predicted molar refractivity (Wildman–Crippen MR) is 186 cm³/mol. The van der Waals surface area contributed by atoms with Crippen LogP contribution in [-0.2, 0) is 0 Å². The van der Waals surface area contributed by atoms with Gasteiger partial charge >= 0.3 is 0 Å². The SMILES string of the molecule is Cc1cc(C)c(-c2c3nc(c(Br)c4ccc([nH]4)c(-c4c(C)cc(C)cc4C)c4nc(cc5ccc2[nH]5)C=C4)C=C3)c(C)c1. The second-order valence-corrected chi connectivity index (χ2v) is 12.6. The van der Waals surface area contributed by atoms with E-state index in [1.807, 2.05) is 0 Å². The molecule has 0 unspecified atom stereocenters. The highest BCUT2D eigenvalue weighted by Crippen LogP contribution is 2.38. The Morgan fingerprint density at radius 2 is 0.977 bits per heavy atom. The molecular weight excluding hydrogens is 592 g/mol. The van der Waals surface area contributed by atoms with Gasteiger partial charge in [0.15, 0.2) is 0 Å². The minimum atomic E-state index is 0.881. The van der Waals surface area contributed by atoms with E-state index in [9.17, 15) is 0 Å². The van der Waals surface area contributed by atoms with Crippen molar-refractivity contribution < 1.29 is 0 Å². The van der Waals surface area contributed by atoms with Crippen LogP contribution in [0.1, 0.15) is 56.2 Å². The quantitative estimate of drug-likeness (QED) is 0.201. The standard InChI is InChI=1S/C38H33BrN4/c1-20-15-22(3)34(23(4)16-20)36-28-9-7-26(40-28)19-27-8-10-29(41-27)37(35-24(5)17-21(2)18-25(35)6)31-12-14-33(43-31)38(39)32-13-11-30(36)42-32/h7-19,40,43H,1-6H3. The van der Waals surface area contributed by atoms with Crippen molar-refractivity contribution in [2.24, 2.45) is 0 Å². The maximum absolute atomic E-state index is 5.19. The van der Waals surface area contributed by atoms with E-state index in [0.717, 1.165) is 60.4 Å². The zero-order valence-corrected chi connectivity index (χ0v) is 26.9. The number of nitrogens with one attached hydrogen (secondary N) is 2. The number of aryl methyl sites for hydroxylation is 6. The van der Waals surface area contributed by atoms with Crippen LogP contribution in [0, 0.1) is 41.5 Å². The molecule has 2 aliphatic heterocycles. The van der Waals surface area contributed by atoms with E-state index in [1.54, 1.807) is 0 Å². The molecule has 212 valence electrons. The van der Waals surface area contributed by atoms with E-state index >= 15 is 0 Å². The summed E-state index contributed by atoms with van der Waals surface area (Å²) in [5.74, 6) is 0. The van der Waals surface area contributed by atoms with Crippen LogP contribution in [0.25, 0.3) is 68.6 Å². The second kappa shape index (κ2) is 10.4. The molecule has 0 atom stereocenters. The molecule has 2 aliphatic rings. The summed E-state index contributed by atoms with van der Waals surface area (Å²) in [6, 6.07) is 19.7. The van der Waals surface area contributed by atoms with Crippen molar-refractivity contribution in [1.82, 2.24) is 19.9 Å². The third-order valence-corrected chi connectivity index (χ3v) is 9.20. The fraction of sp³-hybridized carbons (Fsp3) is 0.158. The molecule has 43 heavy (non-hydrogen) atoms. The Balaban J connectivity index is 1.62. The predicted octanol–water partition coefficient (Wildman–Crippen LogP) is 10.6. The number of aromatic nitrogens is 4. The molecule has 2 aromatic carbocycles. The van der Waals surface area contributed by atoms with Crippen LogP contribution in [-0.4, -0.2) is 19.9 Å². The number of benzene rings is 2. The van der Waals surface area contributed by atoms with E-state index < -0.39 is 0 Å². The monoisotopic (exact) mass is 624 g/mol. The van der Waals surface area contributed by atoms with Gasteiger partial charge in [0.25, 0.3) is 0 Å². The molecule has 0 spiro atoms. The molecule has 4 nitrogen and oxygen atoms in total. The molecule has 3 aromatic heterocycles. The Morgan fingerprint density at radius 1 is 0.488 bits per heavy atom. The highest BCUT2D eigenvalue weighted by molar-refractivity contribution is 9.10. The van der Waals surface area contributed by atoms with Gasteiger partial charge < -0.3 is 9.97 Å². The number of hydrogen-bond acceptors (Lipinski definition) is 2. The highest BCUT2D eigenvalue weighted by Gasteiger charge is 2.18. The lowest BCUT2D eigenvalue weighted by molar-refractivity contribution is 1.27. The third-order valence-electron chi connectivity index (χ3n) is 8.37. The van der Waals surface area contributed by atoms with Gasteiger partial charge in [-0.25, -0.2) is 9.97 Å². The first-order valence-electron chi connectivity index (χ1n) is 14.6. The number of rotatable bonds is 2.